The van der Waals surface area contributed by atoms with Gasteiger partial charge >= 0.3 is 0 Å². The number of carbonyl (C=O) groups is 1. The molecule has 1 N–H and O–H groups in total. The maximum Gasteiger partial charge on any atom is 0.226 e. The SMILES string of the molecule is N#Cc1c(NC(=O)CCCOc2ccccc2)oc(-c2ccccc2)c1-c1ccccc1. The van der Waals surface area contributed by atoms with Crippen molar-refractivity contribution in [1.82, 2.24) is 0 Å². The molecule has 4 aromatic rings. The Kier molecular flexibility index (Phi) is 6.64. The van der Waals surface area contributed by atoms with Crippen LogP contribution in [-0.4, -0.2) is 12.5 Å². The van der Waals surface area contributed by atoms with Gasteiger partial charge in [-0.3, -0.25) is 10.1 Å². The molecule has 0 aliphatic carbocycles. The van der Waals surface area contributed by atoms with Gasteiger partial charge in [0.1, 0.15) is 23.1 Å². The van der Waals surface area contributed by atoms with Gasteiger partial charge in [0.25, 0.3) is 0 Å². The highest BCUT2D eigenvalue weighted by Crippen LogP contribution is 2.41. The second-order valence-electron chi connectivity index (χ2n) is 7.17. The van der Waals surface area contributed by atoms with Crippen molar-refractivity contribution in [3.8, 4) is 34.3 Å². The average Bonchev–Trinajstić information content (AvgIpc) is 3.21. The van der Waals surface area contributed by atoms with Crippen LogP contribution < -0.4 is 10.1 Å². The summed E-state index contributed by atoms with van der Waals surface area (Å²) in [5.74, 6) is 1.26. The summed E-state index contributed by atoms with van der Waals surface area (Å²) in [5.41, 5.74) is 2.66. The van der Waals surface area contributed by atoms with E-state index in [-0.39, 0.29) is 18.2 Å². The summed E-state index contributed by atoms with van der Waals surface area (Å²) in [7, 11) is 0. The Labute approximate surface area is 186 Å². The van der Waals surface area contributed by atoms with E-state index in [1.54, 1.807) is 0 Å². The minimum atomic E-state index is -0.230. The fraction of sp³-hybridized carbons (Fsp3) is 0.111. The Morgan fingerprint density at radius 2 is 1.47 bits per heavy atom. The van der Waals surface area contributed by atoms with Gasteiger partial charge in [-0.2, -0.15) is 5.26 Å². The fourth-order valence-electron chi connectivity index (χ4n) is 3.43. The smallest absolute Gasteiger partial charge is 0.226 e. The van der Waals surface area contributed by atoms with Crippen molar-refractivity contribution in [1.29, 1.82) is 5.26 Å². The van der Waals surface area contributed by atoms with Crippen molar-refractivity contribution in [2.45, 2.75) is 12.8 Å². The molecule has 0 aliphatic heterocycles. The highest BCUT2D eigenvalue weighted by atomic mass is 16.5. The zero-order valence-electron chi connectivity index (χ0n) is 17.5. The van der Waals surface area contributed by atoms with Crippen LogP contribution in [0.4, 0.5) is 5.88 Å². The maximum atomic E-state index is 12.5. The number of rotatable bonds is 8. The lowest BCUT2D eigenvalue weighted by molar-refractivity contribution is -0.116. The molecule has 0 unspecified atom stereocenters. The highest BCUT2D eigenvalue weighted by Gasteiger charge is 2.24. The number of ether oxygens (including phenoxy) is 1. The molecule has 0 radical (unpaired) electrons. The number of anilines is 1. The predicted molar refractivity (Wildman–Crippen MR) is 124 cm³/mol. The molecular weight excluding hydrogens is 400 g/mol. The lowest BCUT2D eigenvalue weighted by Gasteiger charge is -2.06. The Morgan fingerprint density at radius 1 is 0.875 bits per heavy atom. The number of para-hydroxylation sites is 1. The summed E-state index contributed by atoms with van der Waals surface area (Å²) in [6.07, 6.45) is 0.792. The lowest BCUT2D eigenvalue weighted by Crippen LogP contribution is -2.13. The van der Waals surface area contributed by atoms with Crippen molar-refractivity contribution in [3.05, 3.63) is 96.6 Å². The normalized spacial score (nSPS) is 10.3. The summed E-state index contributed by atoms with van der Waals surface area (Å²) in [6, 6.07) is 30.8. The summed E-state index contributed by atoms with van der Waals surface area (Å²) >= 11 is 0. The number of benzene rings is 3. The summed E-state index contributed by atoms with van der Waals surface area (Å²) in [5, 5.41) is 12.7. The van der Waals surface area contributed by atoms with Crippen LogP contribution in [0, 0.1) is 11.3 Å². The number of hydrogen-bond donors (Lipinski definition) is 1. The zero-order valence-corrected chi connectivity index (χ0v) is 17.5. The summed E-state index contributed by atoms with van der Waals surface area (Å²) in [6.45, 7) is 0.422. The minimum absolute atomic E-state index is 0.166. The largest absolute Gasteiger partial charge is 0.494 e. The van der Waals surface area contributed by atoms with Crippen molar-refractivity contribution in [3.63, 3.8) is 0 Å². The topological polar surface area (TPSA) is 75.3 Å². The number of furan rings is 1. The summed E-state index contributed by atoms with van der Waals surface area (Å²) < 4.78 is 11.7. The van der Waals surface area contributed by atoms with Crippen LogP contribution in [0.15, 0.2) is 95.4 Å². The number of nitrogens with one attached hydrogen (secondary N) is 1. The van der Waals surface area contributed by atoms with Crippen molar-refractivity contribution >= 4 is 11.8 Å². The van der Waals surface area contributed by atoms with Crippen LogP contribution in [0.2, 0.25) is 0 Å². The van der Waals surface area contributed by atoms with E-state index in [1.807, 2.05) is 91.0 Å². The quantitative estimate of drug-likeness (QED) is 0.339. The molecule has 0 bridgehead atoms. The fourth-order valence-corrected chi connectivity index (χ4v) is 3.43. The van der Waals surface area contributed by atoms with E-state index in [1.165, 1.54) is 0 Å². The van der Waals surface area contributed by atoms with E-state index in [0.717, 1.165) is 16.9 Å². The van der Waals surface area contributed by atoms with Crippen LogP contribution in [0.3, 0.4) is 0 Å². The minimum Gasteiger partial charge on any atom is -0.494 e. The number of amides is 1. The zero-order chi connectivity index (χ0) is 22.2. The molecular formula is C27H22N2O3. The van der Waals surface area contributed by atoms with E-state index < -0.39 is 0 Å². The van der Waals surface area contributed by atoms with Crippen LogP contribution in [0.25, 0.3) is 22.5 Å². The second-order valence-corrected chi connectivity index (χ2v) is 7.17. The highest BCUT2D eigenvalue weighted by molar-refractivity contribution is 5.95. The van der Waals surface area contributed by atoms with Gasteiger partial charge in [0.2, 0.25) is 11.8 Å². The third-order valence-corrected chi connectivity index (χ3v) is 4.93. The van der Waals surface area contributed by atoms with Gasteiger partial charge in [-0.05, 0) is 24.1 Å². The third-order valence-electron chi connectivity index (χ3n) is 4.93. The Morgan fingerprint density at radius 3 is 2.09 bits per heavy atom. The first-order valence-electron chi connectivity index (χ1n) is 10.4. The van der Waals surface area contributed by atoms with E-state index in [2.05, 4.69) is 11.4 Å². The van der Waals surface area contributed by atoms with Crippen LogP contribution >= 0.6 is 0 Å². The first kappa shape index (κ1) is 21.0. The van der Waals surface area contributed by atoms with Crippen molar-refractivity contribution in [2.24, 2.45) is 0 Å². The van der Waals surface area contributed by atoms with Gasteiger partial charge in [0.05, 0.1) is 6.61 Å². The maximum absolute atomic E-state index is 12.5. The average molecular weight is 422 g/mol. The predicted octanol–water partition coefficient (Wildman–Crippen LogP) is 6.28. The monoisotopic (exact) mass is 422 g/mol. The molecule has 1 aromatic heterocycles. The van der Waals surface area contributed by atoms with E-state index in [0.29, 0.717) is 29.9 Å². The third kappa shape index (κ3) is 4.88. The van der Waals surface area contributed by atoms with Gasteiger partial charge < -0.3 is 9.15 Å². The molecule has 5 heteroatoms. The molecule has 0 fully saturated rings. The Bertz CT molecular complexity index is 1210. The van der Waals surface area contributed by atoms with E-state index in [4.69, 9.17) is 9.15 Å². The molecule has 0 atom stereocenters. The lowest BCUT2D eigenvalue weighted by atomic mass is 9.98. The summed E-state index contributed by atoms with van der Waals surface area (Å²) in [4.78, 5) is 12.5. The standard InChI is InChI=1S/C27H22N2O3/c28-19-23-25(20-11-4-1-5-12-20)26(21-13-6-2-7-14-21)32-27(23)29-24(30)17-10-18-31-22-15-8-3-9-16-22/h1-9,11-16H,10,17-18H2,(H,29,30). The van der Waals surface area contributed by atoms with Crippen molar-refractivity contribution < 1.29 is 13.9 Å². The molecule has 0 saturated carbocycles. The Balaban J connectivity index is 1.53. The van der Waals surface area contributed by atoms with Crippen LogP contribution in [-0.2, 0) is 4.79 Å². The van der Waals surface area contributed by atoms with Gasteiger partial charge in [-0.15, -0.1) is 0 Å². The molecule has 0 aliphatic rings. The second kappa shape index (κ2) is 10.1. The van der Waals surface area contributed by atoms with Gasteiger partial charge in [0, 0.05) is 17.5 Å². The molecule has 4 rings (SSSR count). The first-order chi connectivity index (χ1) is 15.8. The van der Waals surface area contributed by atoms with Crippen LogP contribution in [0.5, 0.6) is 5.75 Å². The van der Waals surface area contributed by atoms with Gasteiger partial charge in [-0.25, -0.2) is 0 Å². The molecule has 1 heterocycles. The van der Waals surface area contributed by atoms with Gasteiger partial charge in [0.15, 0.2) is 0 Å². The molecule has 158 valence electrons. The number of hydrogen-bond acceptors (Lipinski definition) is 4. The first-order valence-corrected chi connectivity index (χ1v) is 10.4. The molecule has 3 aromatic carbocycles. The number of nitriles is 1. The molecule has 5 nitrogen and oxygen atoms in total. The Hall–Kier alpha value is -4.30. The number of nitrogens with zero attached hydrogens (tertiary/aromatic N) is 1. The van der Waals surface area contributed by atoms with E-state index in [9.17, 15) is 10.1 Å². The molecule has 0 spiro atoms. The van der Waals surface area contributed by atoms with Crippen LogP contribution in [0.1, 0.15) is 18.4 Å². The van der Waals surface area contributed by atoms with Crippen molar-refractivity contribution in [2.75, 3.05) is 11.9 Å². The number of carbonyl (C=O) groups excluding carboxylic acids is 1. The molecule has 0 saturated heterocycles. The van der Waals surface area contributed by atoms with Gasteiger partial charge in [-0.1, -0.05) is 78.9 Å². The molecule has 1 amide bonds. The van der Waals surface area contributed by atoms with E-state index >= 15 is 0 Å². The molecule has 32 heavy (non-hydrogen) atoms.